The second-order valence-corrected chi connectivity index (χ2v) is 9.30. The molecule has 1 amide bonds. The second kappa shape index (κ2) is 11.6. The molecule has 1 aliphatic heterocycles. The number of nitrogen functional groups attached to an aromatic ring is 1. The molecule has 3 aromatic heterocycles. The highest BCUT2D eigenvalue weighted by Crippen LogP contribution is 2.23. The Labute approximate surface area is 237 Å². The molecule has 0 fully saturated rings. The molecule has 9 heteroatoms. The first kappa shape index (κ1) is 27.0. The lowest BCUT2D eigenvalue weighted by Crippen LogP contribution is -2.22. The number of fused-ring (bicyclic) bond motifs is 2. The molecule has 1 aliphatic rings. The summed E-state index contributed by atoms with van der Waals surface area (Å²) in [6, 6.07) is 21.5. The number of primary amides is 1. The lowest BCUT2D eigenvalue weighted by Gasteiger charge is -2.14. The first-order valence-corrected chi connectivity index (χ1v) is 13.1. The van der Waals surface area contributed by atoms with Crippen molar-refractivity contribution in [2.24, 2.45) is 5.73 Å². The van der Waals surface area contributed by atoms with Gasteiger partial charge in [0.2, 0.25) is 0 Å². The molecule has 0 bridgehead atoms. The van der Waals surface area contributed by atoms with E-state index in [9.17, 15) is 9.59 Å². The minimum Gasteiger partial charge on any atom is -0.381 e. The van der Waals surface area contributed by atoms with Crippen LogP contribution in [0.3, 0.4) is 0 Å². The van der Waals surface area contributed by atoms with Gasteiger partial charge in [0.15, 0.2) is 5.82 Å². The monoisotopic (exact) mass is 543 g/mol. The lowest BCUT2D eigenvalue weighted by molar-refractivity contribution is 0.100. The topological polar surface area (TPSA) is 134 Å². The molecule has 0 spiro atoms. The molecule has 0 saturated carbocycles. The van der Waals surface area contributed by atoms with E-state index in [2.05, 4.69) is 40.2 Å². The van der Waals surface area contributed by atoms with E-state index in [1.165, 1.54) is 4.68 Å². The minimum atomic E-state index is -0.568. The van der Waals surface area contributed by atoms with Crippen molar-refractivity contribution in [2.75, 3.05) is 17.6 Å². The first-order chi connectivity index (χ1) is 19.9. The number of nitrogens with two attached hydrogens (primary N) is 2. The van der Waals surface area contributed by atoms with Crippen LogP contribution in [0.5, 0.6) is 0 Å². The number of aromatic nitrogens is 4. The van der Waals surface area contributed by atoms with Gasteiger partial charge in [0.25, 0.3) is 11.5 Å². The summed E-state index contributed by atoms with van der Waals surface area (Å²) < 4.78 is 3.29. The molecular weight excluding hydrogens is 514 g/mol. The third kappa shape index (κ3) is 5.44. The molecule has 0 atom stereocenters. The second-order valence-electron chi connectivity index (χ2n) is 9.30. The number of aryl methyl sites for hydroxylation is 2. The lowest BCUT2D eigenvalue weighted by atomic mass is 10.0. The summed E-state index contributed by atoms with van der Waals surface area (Å²) >= 11 is 0. The Morgan fingerprint density at radius 2 is 1.80 bits per heavy atom. The van der Waals surface area contributed by atoms with Gasteiger partial charge in [-0.1, -0.05) is 49.1 Å². The van der Waals surface area contributed by atoms with E-state index < -0.39 is 5.91 Å². The Balaban J connectivity index is 0.000000216. The number of hydrogen-bond donors (Lipinski definition) is 3. The number of carbonyl (C=O) groups excluding carboxylic acids is 1. The fourth-order valence-electron chi connectivity index (χ4n) is 4.67. The van der Waals surface area contributed by atoms with Crippen LogP contribution in [0.2, 0.25) is 0 Å². The molecule has 6 rings (SSSR count). The fourth-order valence-corrected chi connectivity index (χ4v) is 4.67. The van der Waals surface area contributed by atoms with Crippen molar-refractivity contribution in [1.82, 2.24) is 19.3 Å². The first-order valence-electron chi connectivity index (χ1n) is 13.1. The molecule has 0 aliphatic carbocycles. The van der Waals surface area contributed by atoms with E-state index >= 15 is 0 Å². The Morgan fingerprint density at radius 3 is 2.54 bits per heavy atom. The zero-order chi connectivity index (χ0) is 28.9. The molecule has 204 valence electrons. The van der Waals surface area contributed by atoms with Gasteiger partial charge >= 0.3 is 0 Å². The van der Waals surface area contributed by atoms with Gasteiger partial charge in [0, 0.05) is 41.4 Å². The van der Waals surface area contributed by atoms with Crippen molar-refractivity contribution in [3.63, 3.8) is 0 Å². The van der Waals surface area contributed by atoms with E-state index in [0.717, 1.165) is 40.0 Å². The zero-order valence-electron chi connectivity index (χ0n) is 22.8. The van der Waals surface area contributed by atoms with E-state index in [1.54, 1.807) is 17.0 Å². The number of amides is 1. The predicted octanol–water partition coefficient (Wildman–Crippen LogP) is 4.12. The van der Waals surface area contributed by atoms with Gasteiger partial charge in [-0.25, -0.2) is 4.68 Å². The molecule has 9 nitrogen and oxygen atoms in total. The molecular formula is C32H29N7O2. The molecule has 5 N–H and O–H groups in total. The number of nitrogens with one attached hydrogen (secondary N) is 1. The summed E-state index contributed by atoms with van der Waals surface area (Å²) in [6.07, 6.45) is 6.12. The van der Waals surface area contributed by atoms with Crippen LogP contribution in [0.15, 0.2) is 83.8 Å². The van der Waals surface area contributed by atoms with E-state index in [1.807, 2.05) is 73.7 Å². The molecule has 0 unspecified atom stereocenters. The molecule has 41 heavy (non-hydrogen) atoms. The smallest absolute Gasteiger partial charge is 0.264 e. The summed E-state index contributed by atoms with van der Waals surface area (Å²) in [5, 5.41) is 8.45. The summed E-state index contributed by atoms with van der Waals surface area (Å²) in [5.74, 6) is 6.52. The largest absolute Gasteiger partial charge is 0.381 e. The van der Waals surface area contributed by atoms with Crippen molar-refractivity contribution >= 4 is 34.5 Å². The average Bonchev–Trinajstić information content (AvgIpc) is 3.33. The Hall–Kier alpha value is -5.62. The maximum Gasteiger partial charge on any atom is 0.264 e. The maximum absolute atomic E-state index is 13.5. The highest BCUT2D eigenvalue weighted by molar-refractivity contribution is 6.02. The number of carbonyl (C=O) groups is 1. The van der Waals surface area contributed by atoms with Crippen molar-refractivity contribution in [3.05, 3.63) is 117 Å². The Bertz CT molecular complexity index is 1910. The summed E-state index contributed by atoms with van der Waals surface area (Å²) in [4.78, 5) is 28.7. The fraction of sp³-hybridized carbons (Fsp3) is 0.125. The van der Waals surface area contributed by atoms with Gasteiger partial charge in [-0.3, -0.25) is 19.1 Å². The number of anilines is 2. The highest BCUT2D eigenvalue weighted by Gasteiger charge is 2.20. The third-order valence-corrected chi connectivity index (χ3v) is 6.66. The van der Waals surface area contributed by atoms with Crippen LogP contribution in [0.1, 0.15) is 39.8 Å². The molecule has 5 aromatic rings. The minimum absolute atomic E-state index is 0.0339. The van der Waals surface area contributed by atoms with Gasteiger partial charge < -0.3 is 16.8 Å². The summed E-state index contributed by atoms with van der Waals surface area (Å²) in [5.41, 5.74) is 15.2. The Morgan fingerprint density at radius 1 is 1.05 bits per heavy atom. The van der Waals surface area contributed by atoms with Crippen LogP contribution in [-0.2, 0) is 6.42 Å². The summed E-state index contributed by atoms with van der Waals surface area (Å²) in [6.45, 7) is 4.64. The van der Waals surface area contributed by atoms with Gasteiger partial charge in [-0.15, -0.1) is 5.10 Å². The van der Waals surface area contributed by atoms with Gasteiger partial charge in [0.05, 0.1) is 11.1 Å². The van der Waals surface area contributed by atoms with Crippen LogP contribution < -0.4 is 22.3 Å². The number of rotatable bonds is 3. The molecule has 4 heterocycles. The standard InChI is InChI=1S/C25H20N2O.C7H9N5O/c1-3-22-17-21-10-7-9-20(15-14-19-11-8-16-26-18(19)2)24(21)25(28)27(22)23-12-5-4-6-13-23;8-5-4(6(9)13)7-10-2-1-3-12(7)11-5/h4-13,16-17H,3H2,1-2H3;1,3,10H,2H2,(H2,8,11)(H2,9,13). The van der Waals surface area contributed by atoms with Gasteiger partial charge in [-0.2, -0.15) is 0 Å². The quantitative estimate of drug-likeness (QED) is 0.293. The third-order valence-electron chi connectivity index (χ3n) is 6.66. The predicted molar refractivity (Wildman–Crippen MR) is 163 cm³/mol. The van der Waals surface area contributed by atoms with Crippen LogP contribution in [0.25, 0.3) is 22.7 Å². The van der Waals surface area contributed by atoms with E-state index in [0.29, 0.717) is 17.7 Å². The van der Waals surface area contributed by atoms with Crippen molar-refractivity contribution in [3.8, 4) is 17.5 Å². The maximum atomic E-state index is 13.5. The molecule has 2 aromatic carbocycles. The number of para-hydroxylation sites is 1. The summed E-state index contributed by atoms with van der Waals surface area (Å²) in [7, 11) is 0. The van der Waals surface area contributed by atoms with Crippen LogP contribution in [0.4, 0.5) is 11.6 Å². The normalized spacial score (nSPS) is 11.5. The molecule has 0 saturated heterocycles. The number of nitrogens with zero attached hydrogens (tertiary/aromatic N) is 4. The van der Waals surface area contributed by atoms with Gasteiger partial charge in [-0.05, 0) is 61.2 Å². The number of hydrogen-bond acceptors (Lipinski definition) is 6. The van der Waals surface area contributed by atoms with Crippen LogP contribution in [-0.4, -0.2) is 31.8 Å². The Kier molecular flexibility index (Phi) is 7.65. The van der Waals surface area contributed by atoms with Crippen LogP contribution >= 0.6 is 0 Å². The van der Waals surface area contributed by atoms with Crippen molar-refractivity contribution in [2.45, 2.75) is 20.3 Å². The van der Waals surface area contributed by atoms with E-state index in [4.69, 9.17) is 11.5 Å². The highest BCUT2D eigenvalue weighted by atomic mass is 16.1. The number of pyridine rings is 2. The van der Waals surface area contributed by atoms with Crippen molar-refractivity contribution < 1.29 is 4.79 Å². The zero-order valence-corrected chi connectivity index (χ0v) is 22.8. The van der Waals surface area contributed by atoms with Crippen molar-refractivity contribution in [1.29, 1.82) is 0 Å². The molecule has 0 radical (unpaired) electrons. The average molecular weight is 544 g/mol. The van der Waals surface area contributed by atoms with Crippen LogP contribution in [0, 0.1) is 18.8 Å². The van der Waals surface area contributed by atoms with Gasteiger partial charge in [0.1, 0.15) is 11.4 Å². The SMILES string of the molecule is CCc1cc2cccc(C#Cc3cccnc3C)c2c(=O)n1-c1ccccc1.NC(=O)c1c(N)nn2c1NCC=C2. The van der Waals surface area contributed by atoms with E-state index in [-0.39, 0.29) is 16.9 Å². The number of benzene rings is 2.